The maximum Gasteiger partial charge on any atom is 0.271 e. The summed E-state index contributed by atoms with van der Waals surface area (Å²) in [7, 11) is 0. The van der Waals surface area contributed by atoms with Crippen molar-refractivity contribution in [2.75, 3.05) is 5.32 Å². The van der Waals surface area contributed by atoms with Crippen molar-refractivity contribution < 1.29 is 19.2 Å². The third-order valence-corrected chi connectivity index (χ3v) is 8.31. The first-order valence-corrected chi connectivity index (χ1v) is 14.4. The van der Waals surface area contributed by atoms with Gasteiger partial charge in [-0.3, -0.25) is 14.9 Å². The SMILES string of the molecule is CCC(N)(CC)c1ccc(N=Nc2c(O)c(C(=O)Nc3cccc([N+](=O)[O-])c3)cc3ccc4c5cc(F)ccc5[nH]c4c23)cc1. The Morgan fingerprint density at radius 2 is 1.76 bits per heavy atom. The van der Waals surface area contributed by atoms with Crippen molar-refractivity contribution in [3.8, 4) is 5.75 Å². The van der Waals surface area contributed by atoms with Crippen molar-refractivity contribution in [1.29, 1.82) is 0 Å². The van der Waals surface area contributed by atoms with Crippen LogP contribution in [-0.2, 0) is 5.54 Å². The molecular weight excluding hydrogens is 575 g/mol. The number of carbonyl (C=O) groups excluding carboxylic acids is 1. The number of halogens is 1. The number of hydrogen-bond donors (Lipinski definition) is 4. The normalized spacial score (nSPS) is 12.0. The number of aromatic amines is 1. The lowest BCUT2D eigenvalue weighted by Crippen LogP contribution is -2.34. The molecule has 0 aliphatic carbocycles. The zero-order valence-corrected chi connectivity index (χ0v) is 24.5. The minimum atomic E-state index is -0.701. The summed E-state index contributed by atoms with van der Waals surface area (Å²) in [6.45, 7) is 4.07. The number of aromatic nitrogens is 1. The van der Waals surface area contributed by atoms with Gasteiger partial charge in [0.2, 0.25) is 0 Å². The summed E-state index contributed by atoms with van der Waals surface area (Å²) in [6.07, 6.45) is 1.53. The summed E-state index contributed by atoms with van der Waals surface area (Å²) in [6, 6.07) is 22.3. The van der Waals surface area contributed by atoms with E-state index in [9.17, 15) is 24.4 Å². The Hall–Kier alpha value is -5.68. The molecule has 1 heterocycles. The fourth-order valence-corrected chi connectivity index (χ4v) is 5.59. The monoisotopic (exact) mass is 604 g/mol. The molecule has 11 heteroatoms. The molecule has 0 aliphatic heterocycles. The van der Waals surface area contributed by atoms with Crippen LogP contribution in [0.2, 0.25) is 0 Å². The Kier molecular flexibility index (Phi) is 7.47. The molecule has 0 unspecified atom stereocenters. The Morgan fingerprint density at radius 3 is 2.47 bits per heavy atom. The molecule has 0 bridgehead atoms. The highest BCUT2D eigenvalue weighted by Crippen LogP contribution is 2.44. The number of aromatic hydroxyl groups is 1. The quantitative estimate of drug-likeness (QED) is 0.0774. The number of amides is 1. The number of nitro groups is 1. The highest BCUT2D eigenvalue weighted by atomic mass is 19.1. The molecular formula is C34H29FN6O4. The van der Waals surface area contributed by atoms with Crippen LogP contribution in [0.5, 0.6) is 5.75 Å². The van der Waals surface area contributed by atoms with E-state index in [1.54, 1.807) is 30.3 Å². The van der Waals surface area contributed by atoms with Gasteiger partial charge in [0.1, 0.15) is 11.5 Å². The van der Waals surface area contributed by atoms with Crippen LogP contribution in [0.4, 0.5) is 27.1 Å². The number of nitro benzene ring substituents is 1. The summed E-state index contributed by atoms with van der Waals surface area (Å²) in [5, 5.41) is 36.6. The van der Waals surface area contributed by atoms with Gasteiger partial charge in [0.25, 0.3) is 11.6 Å². The number of azo groups is 1. The number of nitrogens with two attached hydrogens (primary N) is 1. The molecule has 5 N–H and O–H groups in total. The number of non-ortho nitro benzene ring substituents is 1. The number of nitrogens with one attached hydrogen (secondary N) is 2. The summed E-state index contributed by atoms with van der Waals surface area (Å²) >= 11 is 0. The van der Waals surface area contributed by atoms with E-state index in [-0.39, 0.29) is 22.6 Å². The maximum absolute atomic E-state index is 14.2. The molecule has 0 atom stereocenters. The Labute approximate surface area is 256 Å². The van der Waals surface area contributed by atoms with Crippen LogP contribution in [0.15, 0.2) is 95.2 Å². The van der Waals surface area contributed by atoms with E-state index >= 15 is 0 Å². The fourth-order valence-electron chi connectivity index (χ4n) is 5.59. The third kappa shape index (κ3) is 5.34. The van der Waals surface area contributed by atoms with Crippen molar-refractivity contribution in [3.63, 3.8) is 0 Å². The standard InChI is InChI=1S/C34H29FN6O4/c1-3-34(36,4-2)20-9-12-22(13-10-20)39-40-31-29-19(8-14-25-26-17-21(35)11-15-28(26)38-30(25)29)16-27(32(31)42)33(43)37-23-6-5-7-24(18-23)41(44)45/h5-18,38,42H,3-4,36H2,1-2H3,(H,37,43). The van der Waals surface area contributed by atoms with Crippen molar-refractivity contribution in [1.82, 2.24) is 4.98 Å². The average molecular weight is 605 g/mol. The summed E-state index contributed by atoms with van der Waals surface area (Å²) in [5.74, 6) is -1.54. The highest BCUT2D eigenvalue weighted by molar-refractivity contribution is 6.22. The molecule has 10 nitrogen and oxygen atoms in total. The van der Waals surface area contributed by atoms with Gasteiger partial charge in [-0.25, -0.2) is 4.39 Å². The predicted octanol–water partition coefficient (Wildman–Crippen LogP) is 8.87. The van der Waals surface area contributed by atoms with Crippen molar-refractivity contribution in [2.24, 2.45) is 16.0 Å². The van der Waals surface area contributed by atoms with Gasteiger partial charge in [-0.05, 0) is 66.3 Å². The van der Waals surface area contributed by atoms with Crippen LogP contribution >= 0.6 is 0 Å². The molecule has 45 heavy (non-hydrogen) atoms. The molecule has 0 spiro atoms. The van der Waals surface area contributed by atoms with Gasteiger partial charge in [-0.1, -0.05) is 44.2 Å². The summed E-state index contributed by atoms with van der Waals surface area (Å²) in [5.41, 5.74) is 8.70. The highest BCUT2D eigenvalue weighted by Gasteiger charge is 2.24. The van der Waals surface area contributed by atoms with E-state index in [0.717, 1.165) is 18.4 Å². The first-order valence-electron chi connectivity index (χ1n) is 14.4. The van der Waals surface area contributed by atoms with Gasteiger partial charge in [0.15, 0.2) is 5.75 Å². The van der Waals surface area contributed by atoms with Gasteiger partial charge in [-0.2, -0.15) is 5.11 Å². The lowest BCUT2D eigenvalue weighted by atomic mass is 9.86. The van der Waals surface area contributed by atoms with Crippen LogP contribution in [-0.4, -0.2) is 20.9 Å². The van der Waals surface area contributed by atoms with Crippen LogP contribution in [0.1, 0.15) is 42.6 Å². The second kappa shape index (κ2) is 11.4. The summed E-state index contributed by atoms with van der Waals surface area (Å²) < 4.78 is 14.2. The number of rotatable bonds is 8. The van der Waals surface area contributed by atoms with E-state index in [1.807, 2.05) is 26.0 Å². The largest absolute Gasteiger partial charge is 0.505 e. The molecule has 1 aromatic heterocycles. The predicted molar refractivity (Wildman–Crippen MR) is 173 cm³/mol. The second-order valence-corrected chi connectivity index (χ2v) is 10.9. The van der Waals surface area contributed by atoms with Crippen molar-refractivity contribution >= 4 is 61.2 Å². The number of H-pyrrole nitrogens is 1. The number of nitrogens with zero attached hydrogens (tertiary/aromatic N) is 3. The lowest BCUT2D eigenvalue weighted by molar-refractivity contribution is -0.384. The van der Waals surface area contributed by atoms with Gasteiger partial charge in [-0.15, -0.1) is 5.11 Å². The number of fused-ring (bicyclic) bond motifs is 5. The molecule has 0 fully saturated rings. The van der Waals surface area contributed by atoms with E-state index in [4.69, 9.17) is 5.73 Å². The maximum atomic E-state index is 14.2. The smallest absolute Gasteiger partial charge is 0.271 e. The second-order valence-electron chi connectivity index (χ2n) is 10.9. The van der Waals surface area contributed by atoms with Crippen molar-refractivity contribution in [3.05, 3.63) is 112 Å². The first kappa shape index (κ1) is 29.4. The van der Waals surface area contributed by atoms with Crippen LogP contribution < -0.4 is 11.1 Å². The number of anilines is 1. The summed E-state index contributed by atoms with van der Waals surface area (Å²) in [4.78, 5) is 27.4. The lowest BCUT2D eigenvalue weighted by Gasteiger charge is -2.27. The van der Waals surface area contributed by atoms with E-state index in [0.29, 0.717) is 38.3 Å². The molecule has 5 aromatic carbocycles. The molecule has 6 aromatic rings. The van der Waals surface area contributed by atoms with E-state index in [1.165, 1.54) is 42.5 Å². The molecule has 0 aliphatic rings. The number of phenolic OH excluding ortho intramolecular Hbond substituents is 1. The van der Waals surface area contributed by atoms with Gasteiger partial charge in [0.05, 0.1) is 21.7 Å². The molecule has 0 radical (unpaired) electrons. The number of carbonyl (C=O) groups is 1. The zero-order chi connectivity index (χ0) is 31.9. The topological polar surface area (TPSA) is 159 Å². The van der Waals surface area contributed by atoms with Gasteiger partial charge >= 0.3 is 0 Å². The molecule has 0 saturated carbocycles. The Balaban J connectivity index is 1.50. The number of phenols is 1. The Morgan fingerprint density at radius 1 is 1.00 bits per heavy atom. The van der Waals surface area contributed by atoms with Crippen LogP contribution in [0.25, 0.3) is 32.6 Å². The molecule has 6 rings (SSSR count). The minimum absolute atomic E-state index is 0.0219. The van der Waals surface area contributed by atoms with Crippen molar-refractivity contribution in [2.45, 2.75) is 32.2 Å². The number of hydrogen-bond acceptors (Lipinski definition) is 7. The average Bonchev–Trinajstić information content (AvgIpc) is 3.41. The first-order chi connectivity index (χ1) is 21.6. The fraction of sp³-hybridized carbons (Fsp3) is 0.147. The molecule has 226 valence electrons. The van der Waals surface area contributed by atoms with Crippen LogP contribution in [0.3, 0.4) is 0 Å². The molecule has 0 saturated heterocycles. The minimum Gasteiger partial charge on any atom is -0.505 e. The van der Waals surface area contributed by atoms with E-state index < -0.39 is 27.9 Å². The van der Waals surface area contributed by atoms with Gasteiger partial charge < -0.3 is 21.1 Å². The third-order valence-electron chi connectivity index (χ3n) is 8.31. The molecule has 1 amide bonds. The van der Waals surface area contributed by atoms with Crippen LogP contribution in [0, 0.1) is 15.9 Å². The number of benzene rings is 5. The zero-order valence-electron chi connectivity index (χ0n) is 24.5. The van der Waals surface area contributed by atoms with Gasteiger partial charge in [0, 0.05) is 45.0 Å². The van der Waals surface area contributed by atoms with E-state index in [2.05, 4.69) is 20.5 Å². The Bertz CT molecular complexity index is 2150.